The number of hydrogen-bond donors (Lipinski definition) is 2. The Morgan fingerprint density at radius 3 is 2.79 bits per heavy atom. The van der Waals surface area contributed by atoms with E-state index in [1.807, 2.05) is 30.3 Å². The number of benzene rings is 2. The van der Waals surface area contributed by atoms with Crippen molar-refractivity contribution in [1.29, 1.82) is 5.26 Å². The van der Waals surface area contributed by atoms with Crippen molar-refractivity contribution in [2.24, 2.45) is 0 Å². The van der Waals surface area contributed by atoms with Crippen LogP contribution < -0.4 is 15.8 Å². The summed E-state index contributed by atoms with van der Waals surface area (Å²) >= 11 is 0. The maximum atomic E-state index is 9.03. The Kier molecular flexibility index (Phi) is 3.89. The summed E-state index contributed by atoms with van der Waals surface area (Å²) in [6.45, 7) is 0.549. The summed E-state index contributed by atoms with van der Waals surface area (Å²) in [5.74, 6) is 0.774. The molecule has 0 aliphatic carbocycles. The van der Waals surface area contributed by atoms with Gasteiger partial charge in [0, 0.05) is 17.8 Å². The molecule has 0 heterocycles. The van der Waals surface area contributed by atoms with E-state index in [-0.39, 0.29) is 0 Å². The van der Waals surface area contributed by atoms with Crippen LogP contribution in [0.2, 0.25) is 0 Å². The largest absolute Gasteiger partial charge is 0.496 e. The SMILES string of the molecule is COc1ccc(N)cc1CNc1ccccc1C#N. The first-order valence-corrected chi connectivity index (χ1v) is 5.90. The molecule has 0 fully saturated rings. The van der Waals surface area contributed by atoms with Crippen molar-refractivity contribution in [3.63, 3.8) is 0 Å². The van der Waals surface area contributed by atoms with E-state index in [0.29, 0.717) is 17.8 Å². The highest BCUT2D eigenvalue weighted by atomic mass is 16.5. The van der Waals surface area contributed by atoms with Gasteiger partial charge in [0.2, 0.25) is 0 Å². The molecule has 0 radical (unpaired) electrons. The lowest BCUT2D eigenvalue weighted by Crippen LogP contribution is -2.03. The van der Waals surface area contributed by atoms with Gasteiger partial charge < -0.3 is 15.8 Å². The van der Waals surface area contributed by atoms with Gasteiger partial charge in [-0.3, -0.25) is 0 Å². The van der Waals surface area contributed by atoms with Gasteiger partial charge in [-0.05, 0) is 30.3 Å². The molecule has 96 valence electrons. The third kappa shape index (κ3) is 2.96. The number of ether oxygens (including phenoxy) is 1. The van der Waals surface area contributed by atoms with E-state index in [0.717, 1.165) is 17.0 Å². The number of nitrogens with one attached hydrogen (secondary N) is 1. The Morgan fingerprint density at radius 1 is 1.26 bits per heavy atom. The maximum absolute atomic E-state index is 9.03. The fraction of sp³-hybridized carbons (Fsp3) is 0.133. The molecular weight excluding hydrogens is 238 g/mol. The molecule has 2 rings (SSSR count). The van der Waals surface area contributed by atoms with Crippen LogP contribution in [-0.4, -0.2) is 7.11 Å². The number of anilines is 2. The zero-order valence-electron chi connectivity index (χ0n) is 10.7. The minimum Gasteiger partial charge on any atom is -0.496 e. The monoisotopic (exact) mass is 253 g/mol. The van der Waals surface area contributed by atoms with Crippen LogP contribution in [0.25, 0.3) is 0 Å². The average molecular weight is 253 g/mol. The van der Waals surface area contributed by atoms with Gasteiger partial charge in [0.1, 0.15) is 11.8 Å². The van der Waals surface area contributed by atoms with Crippen LogP contribution in [0.5, 0.6) is 5.75 Å². The first-order chi connectivity index (χ1) is 9.24. The quantitative estimate of drug-likeness (QED) is 0.822. The summed E-state index contributed by atoms with van der Waals surface area (Å²) in [6, 6.07) is 15.0. The number of nitrogen functional groups attached to an aromatic ring is 1. The van der Waals surface area contributed by atoms with Crippen molar-refractivity contribution < 1.29 is 4.74 Å². The van der Waals surface area contributed by atoms with Crippen molar-refractivity contribution in [2.45, 2.75) is 6.54 Å². The van der Waals surface area contributed by atoms with Crippen LogP contribution in [0.15, 0.2) is 42.5 Å². The van der Waals surface area contributed by atoms with E-state index in [2.05, 4.69) is 11.4 Å². The molecule has 0 spiro atoms. The van der Waals surface area contributed by atoms with Crippen LogP contribution in [0, 0.1) is 11.3 Å². The summed E-state index contributed by atoms with van der Waals surface area (Å²) in [6.07, 6.45) is 0. The predicted molar refractivity (Wildman–Crippen MR) is 75.9 cm³/mol. The molecule has 0 saturated carbocycles. The lowest BCUT2D eigenvalue weighted by atomic mass is 10.1. The molecule has 0 unspecified atom stereocenters. The molecule has 0 aliphatic heterocycles. The van der Waals surface area contributed by atoms with Gasteiger partial charge >= 0.3 is 0 Å². The molecule has 0 atom stereocenters. The highest BCUT2D eigenvalue weighted by Gasteiger charge is 2.05. The Labute approximate surface area is 112 Å². The summed E-state index contributed by atoms with van der Waals surface area (Å²) in [5.41, 5.74) is 8.83. The lowest BCUT2D eigenvalue weighted by molar-refractivity contribution is 0.410. The number of nitriles is 1. The molecule has 0 amide bonds. The summed E-state index contributed by atoms with van der Waals surface area (Å²) in [5, 5.41) is 12.3. The molecule has 2 aromatic carbocycles. The number of methoxy groups -OCH3 is 1. The summed E-state index contributed by atoms with van der Waals surface area (Å²) in [7, 11) is 1.62. The summed E-state index contributed by atoms with van der Waals surface area (Å²) < 4.78 is 5.28. The van der Waals surface area contributed by atoms with Crippen molar-refractivity contribution in [1.82, 2.24) is 0 Å². The molecule has 0 aliphatic rings. The van der Waals surface area contributed by atoms with Crippen LogP contribution >= 0.6 is 0 Å². The highest BCUT2D eigenvalue weighted by Crippen LogP contribution is 2.23. The normalized spacial score (nSPS) is 9.68. The number of nitrogens with zero attached hydrogens (tertiary/aromatic N) is 1. The molecule has 19 heavy (non-hydrogen) atoms. The third-order valence-electron chi connectivity index (χ3n) is 2.82. The van der Waals surface area contributed by atoms with Gasteiger partial charge in [-0.1, -0.05) is 12.1 Å². The highest BCUT2D eigenvalue weighted by molar-refractivity contribution is 5.58. The van der Waals surface area contributed by atoms with Crippen molar-refractivity contribution >= 4 is 11.4 Å². The van der Waals surface area contributed by atoms with E-state index < -0.39 is 0 Å². The van der Waals surface area contributed by atoms with Gasteiger partial charge in [-0.2, -0.15) is 5.26 Å². The smallest absolute Gasteiger partial charge is 0.123 e. The second-order valence-corrected chi connectivity index (χ2v) is 4.08. The minimum absolute atomic E-state index is 0.549. The standard InChI is InChI=1S/C15H15N3O/c1-19-15-7-6-13(17)8-12(15)10-18-14-5-3-2-4-11(14)9-16/h2-8,18H,10,17H2,1H3. The fourth-order valence-corrected chi connectivity index (χ4v) is 1.86. The molecule has 0 saturated heterocycles. The third-order valence-corrected chi connectivity index (χ3v) is 2.82. The topological polar surface area (TPSA) is 71.1 Å². The Morgan fingerprint density at radius 2 is 2.05 bits per heavy atom. The molecule has 0 aromatic heterocycles. The van der Waals surface area contributed by atoms with Gasteiger partial charge in [0.25, 0.3) is 0 Å². The van der Waals surface area contributed by atoms with Gasteiger partial charge in [-0.15, -0.1) is 0 Å². The van der Waals surface area contributed by atoms with Crippen molar-refractivity contribution in [2.75, 3.05) is 18.2 Å². The van der Waals surface area contributed by atoms with E-state index >= 15 is 0 Å². The molecule has 4 heteroatoms. The second kappa shape index (κ2) is 5.78. The average Bonchev–Trinajstić information content (AvgIpc) is 2.45. The van der Waals surface area contributed by atoms with Crippen LogP contribution in [0.1, 0.15) is 11.1 Å². The van der Waals surface area contributed by atoms with E-state index in [4.69, 9.17) is 15.7 Å². The summed E-state index contributed by atoms with van der Waals surface area (Å²) in [4.78, 5) is 0. The second-order valence-electron chi connectivity index (χ2n) is 4.08. The zero-order valence-corrected chi connectivity index (χ0v) is 10.7. The first-order valence-electron chi connectivity index (χ1n) is 5.90. The maximum Gasteiger partial charge on any atom is 0.123 e. The number of rotatable bonds is 4. The number of nitrogens with two attached hydrogens (primary N) is 1. The van der Waals surface area contributed by atoms with Crippen molar-refractivity contribution in [3.05, 3.63) is 53.6 Å². The van der Waals surface area contributed by atoms with Gasteiger partial charge in [-0.25, -0.2) is 0 Å². The van der Waals surface area contributed by atoms with E-state index in [1.54, 1.807) is 19.2 Å². The Balaban J connectivity index is 2.19. The molecule has 2 aromatic rings. The molecular formula is C15H15N3O. The van der Waals surface area contributed by atoms with E-state index in [1.165, 1.54) is 0 Å². The van der Waals surface area contributed by atoms with Crippen LogP contribution in [0.3, 0.4) is 0 Å². The van der Waals surface area contributed by atoms with Gasteiger partial charge in [0.05, 0.1) is 18.4 Å². The minimum atomic E-state index is 0.549. The fourth-order valence-electron chi connectivity index (χ4n) is 1.86. The van der Waals surface area contributed by atoms with Crippen LogP contribution in [0.4, 0.5) is 11.4 Å². The van der Waals surface area contributed by atoms with E-state index in [9.17, 15) is 0 Å². The molecule has 3 N–H and O–H groups in total. The number of hydrogen-bond acceptors (Lipinski definition) is 4. The first kappa shape index (κ1) is 12.8. The Bertz CT molecular complexity index is 617. The zero-order chi connectivity index (χ0) is 13.7. The van der Waals surface area contributed by atoms with Crippen molar-refractivity contribution in [3.8, 4) is 11.8 Å². The molecule has 0 bridgehead atoms. The number of para-hydroxylation sites is 1. The lowest BCUT2D eigenvalue weighted by Gasteiger charge is -2.12. The Hall–Kier alpha value is -2.67. The van der Waals surface area contributed by atoms with Gasteiger partial charge in [0.15, 0.2) is 0 Å². The predicted octanol–water partition coefficient (Wildman–Crippen LogP) is 2.76. The molecule has 4 nitrogen and oxygen atoms in total. The van der Waals surface area contributed by atoms with Crippen LogP contribution in [-0.2, 0) is 6.54 Å².